The number of imidazole rings is 1. The van der Waals surface area contributed by atoms with Crippen molar-refractivity contribution in [1.29, 1.82) is 5.26 Å². The highest BCUT2D eigenvalue weighted by Gasteiger charge is 2.22. The van der Waals surface area contributed by atoms with Crippen LogP contribution in [0.4, 0.5) is 10.3 Å². The molecule has 0 aliphatic heterocycles. The van der Waals surface area contributed by atoms with Crippen molar-refractivity contribution in [3.05, 3.63) is 59.9 Å². The van der Waals surface area contributed by atoms with Crippen molar-refractivity contribution in [1.82, 2.24) is 19.7 Å². The Hall–Kier alpha value is -4.45. The van der Waals surface area contributed by atoms with Gasteiger partial charge in [0.05, 0.1) is 41.3 Å². The first-order valence-corrected chi connectivity index (χ1v) is 9.76. The molecule has 0 aliphatic rings. The molecular weight excluding hydrogens is 411 g/mol. The summed E-state index contributed by atoms with van der Waals surface area (Å²) in [4.78, 5) is 9.02. The lowest BCUT2D eigenvalue weighted by atomic mass is 10.0. The molecule has 0 aliphatic carbocycles. The average Bonchev–Trinajstić information content (AvgIpc) is 3.32. The molecule has 0 saturated heterocycles. The Morgan fingerprint density at radius 2 is 2.00 bits per heavy atom. The number of methoxy groups -OCH3 is 1. The number of benzene rings is 2. The van der Waals surface area contributed by atoms with E-state index in [0.29, 0.717) is 33.4 Å². The standard InChI is InChI=1S/C23H17FN6O2/c1-12-21(13(2)32-29-12)15-8-17-14(9-20(15)31-3)22-18(10-26-17)28-23(27-11-25)30(22)19-7-5-4-6-16(19)24/h4-10H,1-3H3,(H,27,28). The third-order valence-corrected chi connectivity index (χ3v) is 5.37. The van der Waals surface area contributed by atoms with Crippen LogP contribution in [-0.2, 0) is 0 Å². The van der Waals surface area contributed by atoms with E-state index >= 15 is 0 Å². The molecule has 0 fully saturated rings. The zero-order valence-electron chi connectivity index (χ0n) is 17.5. The van der Waals surface area contributed by atoms with Gasteiger partial charge in [-0.3, -0.25) is 14.9 Å². The van der Waals surface area contributed by atoms with Crippen molar-refractivity contribution < 1.29 is 13.7 Å². The first-order chi connectivity index (χ1) is 15.5. The predicted molar refractivity (Wildman–Crippen MR) is 117 cm³/mol. The van der Waals surface area contributed by atoms with Gasteiger partial charge in [-0.15, -0.1) is 0 Å². The number of nitrogens with one attached hydrogen (secondary N) is 1. The zero-order valence-corrected chi connectivity index (χ0v) is 17.5. The number of nitrogens with zero attached hydrogens (tertiary/aromatic N) is 5. The summed E-state index contributed by atoms with van der Waals surface area (Å²) in [5, 5.41) is 16.5. The van der Waals surface area contributed by atoms with Crippen LogP contribution in [0.25, 0.3) is 38.8 Å². The minimum absolute atomic E-state index is 0.190. The van der Waals surface area contributed by atoms with Gasteiger partial charge in [-0.2, -0.15) is 5.26 Å². The second-order valence-electron chi connectivity index (χ2n) is 7.22. The van der Waals surface area contributed by atoms with E-state index in [1.54, 1.807) is 36.1 Å². The fourth-order valence-electron chi connectivity index (χ4n) is 4.01. The molecule has 5 aromatic rings. The number of para-hydroxylation sites is 1. The number of rotatable bonds is 4. The lowest BCUT2D eigenvalue weighted by Gasteiger charge is -2.13. The van der Waals surface area contributed by atoms with E-state index in [1.165, 1.54) is 6.07 Å². The normalized spacial score (nSPS) is 11.1. The average molecular weight is 428 g/mol. The largest absolute Gasteiger partial charge is 0.496 e. The number of aromatic nitrogens is 4. The van der Waals surface area contributed by atoms with Gasteiger partial charge in [0.1, 0.15) is 22.8 Å². The van der Waals surface area contributed by atoms with Crippen molar-refractivity contribution in [2.75, 3.05) is 12.4 Å². The van der Waals surface area contributed by atoms with Gasteiger partial charge in [0, 0.05) is 10.9 Å². The van der Waals surface area contributed by atoms with Crippen LogP contribution >= 0.6 is 0 Å². The first-order valence-electron chi connectivity index (χ1n) is 9.76. The minimum Gasteiger partial charge on any atom is -0.496 e. The summed E-state index contributed by atoms with van der Waals surface area (Å²) in [7, 11) is 1.58. The SMILES string of the molecule is COc1cc2c(cc1-c1c(C)noc1C)ncc1nc(NC#N)n(-c3ccccc3F)c12. The molecule has 0 atom stereocenters. The topological polar surface area (TPSA) is 102 Å². The molecule has 32 heavy (non-hydrogen) atoms. The van der Waals surface area contributed by atoms with Crippen molar-refractivity contribution in [2.24, 2.45) is 0 Å². The Kier molecular flexibility index (Phi) is 4.48. The fourth-order valence-corrected chi connectivity index (χ4v) is 4.01. The summed E-state index contributed by atoms with van der Waals surface area (Å²) < 4.78 is 27.4. The molecule has 0 unspecified atom stereocenters. The summed E-state index contributed by atoms with van der Waals surface area (Å²) in [6.07, 6.45) is 3.47. The summed E-state index contributed by atoms with van der Waals surface area (Å²) in [6.45, 7) is 3.70. The molecule has 8 nitrogen and oxygen atoms in total. The summed E-state index contributed by atoms with van der Waals surface area (Å²) in [6, 6.07) is 10.0. The Labute approximate surface area is 181 Å². The zero-order chi connectivity index (χ0) is 22.4. The molecule has 0 amide bonds. The fraction of sp³-hybridized carbons (Fsp3) is 0.130. The van der Waals surface area contributed by atoms with Crippen molar-refractivity contribution in [2.45, 2.75) is 13.8 Å². The molecule has 3 heterocycles. The van der Waals surface area contributed by atoms with Crippen LogP contribution in [0.5, 0.6) is 5.75 Å². The maximum absolute atomic E-state index is 14.8. The van der Waals surface area contributed by atoms with Gasteiger partial charge in [0.15, 0.2) is 6.19 Å². The van der Waals surface area contributed by atoms with Gasteiger partial charge in [-0.1, -0.05) is 17.3 Å². The molecule has 1 N–H and O–H groups in total. The number of hydrogen-bond donors (Lipinski definition) is 1. The van der Waals surface area contributed by atoms with Crippen LogP contribution in [-0.4, -0.2) is 26.8 Å². The van der Waals surface area contributed by atoms with E-state index in [9.17, 15) is 9.65 Å². The summed E-state index contributed by atoms with van der Waals surface area (Å²) >= 11 is 0. The molecule has 0 spiro atoms. The predicted octanol–water partition coefficient (Wildman–Crippen LogP) is 4.89. The lowest BCUT2D eigenvalue weighted by molar-refractivity contribution is 0.393. The van der Waals surface area contributed by atoms with Crippen LogP contribution in [0.1, 0.15) is 11.5 Å². The second-order valence-corrected chi connectivity index (χ2v) is 7.22. The Morgan fingerprint density at radius 3 is 2.69 bits per heavy atom. The quantitative estimate of drug-likeness (QED) is 0.321. The molecule has 0 bridgehead atoms. The smallest absolute Gasteiger partial charge is 0.222 e. The lowest BCUT2D eigenvalue weighted by Crippen LogP contribution is -2.03. The maximum Gasteiger partial charge on any atom is 0.222 e. The Balaban J connectivity index is 1.89. The van der Waals surface area contributed by atoms with E-state index in [4.69, 9.17) is 9.26 Å². The minimum atomic E-state index is -0.447. The second kappa shape index (κ2) is 7.35. The van der Waals surface area contributed by atoms with Gasteiger partial charge >= 0.3 is 0 Å². The highest BCUT2D eigenvalue weighted by Crippen LogP contribution is 2.40. The number of ether oxygens (including phenoxy) is 1. The van der Waals surface area contributed by atoms with Gasteiger partial charge < -0.3 is 9.26 Å². The van der Waals surface area contributed by atoms with Crippen LogP contribution < -0.4 is 10.1 Å². The number of fused-ring (bicyclic) bond motifs is 3. The summed E-state index contributed by atoms with van der Waals surface area (Å²) in [5.41, 5.74) is 4.36. The number of anilines is 1. The van der Waals surface area contributed by atoms with Crippen molar-refractivity contribution in [3.8, 4) is 28.8 Å². The molecule has 5 rings (SSSR count). The van der Waals surface area contributed by atoms with Crippen LogP contribution in [0.2, 0.25) is 0 Å². The number of nitriles is 1. The highest BCUT2D eigenvalue weighted by atomic mass is 19.1. The van der Waals surface area contributed by atoms with Crippen LogP contribution in [0, 0.1) is 31.1 Å². The molecule has 2 aromatic carbocycles. The van der Waals surface area contributed by atoms with Crippen LogP contribution in [0.3, 0.4) is 0 Å². The van der Waals surface area contributed by atoms with Gasteiger partial charge in [-0.25, -0.2) is 9.37 Å². The van der Waals surface area contributed by atoms with Crippen molar-refractivity contribution >= 4 is 27.9 Å². The Bertz CT molecular complexity index is 1530. The molecular formula is C23H17FN6O2. The van der Waals surface area contributed by atoms with Crippen molar-refractivity contribution in [3.63, 3.8) is 0 Å². The molecule has 3 aromatic heterocycles. The highest BCUT2D eigenvalue weighted by molar-refractivity contribution is 6.06. The van der Waals surface area contributed by atoms with Gasteiger partial charge in [0.25, 0.3) is 0 Å². The number of aryl methyl sites for hydroxylation is 2. The molecule has 0 saturated carbocycles. The maximum atomic E-state index is 14.8. The van der Waals surface area contributed by atoms with E-state index in [0.717, 1.165) is 16.8 Å². The molecule has 158 valence electrons. The van der Waals surface area contributed by atoms with Crippen LogP contribution in [0.15, 0.2) is 47.1 Å². The monoisotopic (exact) mass is 428 g/mol. The van der Waals surface area contributed by atoms with Gasteiger partial charge in [-0.05, 0) is 38.1 Å². The van der Waals surface area contributed by atoms with E-state index in [1.807, 2.05) is 32.2 Å². The number of hydrogen-bond acceptors (Lipinski definition) is 7. The first kappa shape index (κ1) is 19.5. The van der Waals surface area contributed by atoms with Gasteiger partial charge in [0.2, 0.25) is 5.95 Å². The Morgan fingerprint density at radius 1 is 1.19 bits per heavy atom. The van der Waals surface area contributed by atoms with E-state index in [2.05, 4.69) is 20.4 Å². The van der Waals surface area contributed by atoms with E-state index < -0.39 is 5.82 Å². The number of halogens is 1. The molecule has 0 radical (unpaired) electrons. The number of pyridine rings is 1. The summed E-state index contributed by atoms with van der Waals surface area (Å²) in [5.74, 6) is 0.989. The molecule has 9 heteroatoms. The third kappa shape index (κ3) is 2.85. The third-order valence-electron chi connectivity index (χ3n) is 5.37. The van der Waals surface area contributed by atoms with E-state index in [-0.39, 0.29) is 11.6 Å².